The van der Waals surface area contributed by atoms with Crippen molar-refractivity contribution in [2.45, 2.75) is 63.1 Å². The second-order valence-corrected chi connectivity index (χ2v) is 13.5. The van der Waals surface area contributed by atoms with Gasteiger partial charge in [0, 0.05) is 26.2 Å². The first-order chi connectivity index (χ1) is 16.3. The van der Waals surface area contributed by atoms with Gasteiger partial charge < -0.3 is 14.8 Å². The zero-order valence-corrected chi connectivity index (χ0v) is 21.2. The molecule has 10 heteroatoms. The molecule has 0 bridgehead atoms. The third-order valence-corrected chi connectivity index (χ3v) is 10.2. The molecule has 1 aromatic carbocycles. The summed E-state index contributed by atoms with van der Waals surface area (Å²) in [5, 5.41) is 2.62. The van der Waals surface area contributed by atoms with Crippen LogP contribution in [0.15, 0.2) is 35.1 Å². The molecule has 35 heavy (non-hydrogen) atoms. The van der Waals surface area contributed by atoms with E-state index in [1.807, 2.05) is 0 Å². The molecule has 1 aliphatic heterocycles. The Balaban J connectivity index is 1.50. The highest BCUT2D eigenvalue weighted by Crippen LogP contribution is 2.49. The monoisotopic (exact) mass is 503 g/mol. The summed E-state index contributed by atoms with van der Waals surface area (Å²) < 4.78 is 39.3. The second-order valence-electron chi connectivity index (χ2n) is 10.4. The summed E-state index contributed by atoms with van der Waals surface area (Å²) in [7, 11) is -3.46. The fourth-order valence-electron chi connectivity index (χ4n) is 4.47. The molecule has 0 radical (unpaired) electrons. The number of hydrogen-bond donors (Lipinski definition) is 1. The van der Waals surface area contributed by atoms with Gasteiger partial charge in [-0.25, -0.2) is 12.8 Å². The van der Waals surface area contributed by atoms with Crippen molar-refractivity contribution in [3.63, 3.8) is 0 Å². The first-order valence-electron chi connectivity index (χ1n) is 11.6. The third kappa shape index (κ3) is 4.39. The predicted octanol–water partition coefficient (Wildman–Crippen LogP) is 2.43. The van der Waals surface area contributed by atoms with E-state index in [1.165, 1.54) is 27.7 Å². The lowest BCUT2D eigenvalue weighted by atomic mass is 10.1. The SMILES string of the molecule is Cc1ccc(CNC(=O)c2ccc3n(c2=O)CCN(CC2(S(=O)(=O)C(C)(C)C)CC2)C3=O)cc1F. The van der Waals surface area contributed by atoms with Crippen LogP contribution in [0.5, 0.6) is 0 Å². The molecule has 1 aliphatic carbocycles. The Morgan fingerprint density at radius 1 is 1.11 bits per heavy atom. The molecule has 188 valence electrons. The van der Waals surface area contributed by atoms with E-state index in [1.54, 1.807) is 39.8 Å². The molecule has 0 unspecified atom stereocenters. The predicted molar refractivity (Wildman–Crippen MR) is 130 cm³/mol. The summed E-state index contributed by atoms with van der Waals surface area (Å²) in [5.41, 5.74) is 0.477. The molecule has 0 spiro atoms. The first kappa shape index (κ1) is 25.1. The summed E-state index contributed by atoms with van der Waals surface area (Å²) in [6.45, 7) is 7.12. The van der Waals surface area contributed by atoms with Crippen molar-refractivity contribution in [2.24, 2.45) is 0 Å². The van der Waals surface area contributed by atoms with E-state index in [2.05, 4.69) is 5.32 Å². The Labute approximate surface area is 204 Å². The van der Waals surface area contributed by atoms with Crippen molar-refractivity contribution < 1.29 is 22.4 Å². The Morgan fingerprint density at radius 3 is 2.40 bits per heavy atom. The van der Waals surface area contributed by atoms with Crippen LogP contribution in [-0.4, -0.2) is 52.3 Å². The number of halogens is 1. The topological polar surface area (TPSA) is 106 Å². The van der Waals surface area contributed by atoms with Crippen molar-refractivity contribution in [2.75, 3.05) is 13.1 Å². The van der Waals surface area contributed by atoms with Gasteiger partial charge in [-0.1, -0.05) is 12.1 Å². The number of aryl methyl sites for hydroxylation is 1. The fraction of sp³-hybridized carbons (Fsp3) is 0.480. The van der Waals surface area contributed by atoms with E-state index in [-0.39, 0.29) is 43.3 Å². The average molecular weight is 504 g/mol. The first-order valence-corrected chi connectivity index (χ1v) is 13.1. The van der Waals surface area contributed by atoms with Crippen LogP contribution in [0.2, 0.25) is 0 Å². The van der Waals surface area contributed by atoms with Crippen LogP contribution in [0.25, 0.3) is 0 Å². The van der Waals surface area contributed by atoms with Crippen molar-refractivity contribution >= 4 is 21.7 Å². The van der Waals surface area contributed by atoms with Gasteiger partial charge in [0.2, 0.25) is 0 Å². The van der Waals surface area contributed by atoms with E-state index >= 15 is 0 Å². The molecule has 2 aromatic rings. The van der Waals surface area contributed by atoms with Crippen molar-refractivity contribution in [3.05, 3.63) is 68.9 Å². The minimum Gasteiger partial charge on any atom is -0.348 e. The number of benzene rings is 1. The highest BCUT2D eigenvalue weighted by Gasteiger charge is 2.59. The summed E-state index contributed by atoms with van der Waals surface area (Å²) in [5.74, 6) is -1.42. The number of pyridine rings is 1. The molecule has 8 nitrogen and oxygen atoms in total. The molecule has 1 aromatic heterocycles. The highest BCUT2D eigenvalue weighted by molar-refractivity contribution is 7.94. The van der Waals surface area contributed by atoms with Gasteiger partial charge in [0.25, 0.3) is 17.4 Å². The van der Waals surface area contributed by atoms with Crippen LogP contribution >= 0.6 is 0 Å². The number of carbonyl (C=O) groups is 2. The van der Waals surface area contributed by atoms with Gasteiger partial charge >= 0.3 is 0 Å². The fourth-order valence-corrected chi connectivity index (χ4v) is 6.73. The van der Waals surface area contributed by atoms with Crippen molar-refractivity contribution in [3.8, 4) is 0 Å². The van der Waals surface area contributed by atoms with Gasteiger partial charge in [-0.05, 0) is 69.9 Å². The Bertz CT molecular complexity index is 1370. The maximum atomic E-state index is 13.7. The number of aromatic nitrogens is 1. The van der Waals surface area contributed by atoms with Crippen molar-refractivity contribution in [1.82, 2.24) is 14.8 Å². The normalized spacial score (nSPS) is 17.2. The number of amides is 2. The molecule has 1 N–H and O–H groups in total. The second kappa shape index (κ2) is 8.58. The maximum Gasteiger partial charge on any atom is 0.270 e. The molecular formula is C25H30FN3O5S. The van der Waals surface area contributed by atoms with Crippen LogP contribution in [0.4, 0.5) is 4.39 Å². The number of rotatable bonds is 6. The summed E-state index contributed by atoms with van der Waals surface area (Å²) in [4.78, 5) is 40.3. The van der Waals surface area contributed by atoms with Crippen LogP contribution in [0.1, 0.15) is 65.6 Å². The lowest BCUT2D eigenvalue weighted by Gasteiger charge is -2.34. The average Bonchev–Trinajstić information content (AvgIpc) is 3.57. The molecule has 0 atom stereocenters. The maximum absolute atomic E-state index is 13.7. The van der Waals surface area contributed by atoms with Gasteiger partial charge in [-0.15, -0.1) is 0 Å². The standard InChI is InChI=1S/C25H30FN3O5S/c1-16-5-6-17(13-19(16)26)14-27-21(30)18-7-8-20-23(32)28(11-12-29(20)22(18)31)15-25(9-10-25)35(33,34)24(2,3)4/h5-8,13H,9-12,14-15H2,1-4H3,(H,27,30). The van der Waals surface area contributed by atoms with E-state index in [0.29, 0.717) is 24.0 Å². The number of nitrogens with one attached hydrogen (secondary N) is 1. The molecule has 2 amide bonds. The number of sulfone groups is 1. The van der Waals surface area contributed by atoms with Crippen LogP contribution in [-0.2, 0) is 22.9 Å². The quantitative estimate of drug-likeness (QED) is 0.652. The minimum atomic E-state index is -3.46. The number of fused-ring (bicyclic) bond motifs is 1. The van der Waals surface area contributed by atoms with E-state index in [4.69, 9.17) is 0 Å². The molecule has 2 aliphatic rings. The third-order valence-electron chi connectivity index (χ3n) is 6.87. The van der Waals surface area contributed by atoms with E-state index in [9.17, 15) is 27.2 Å². The van der Waals surface area contributed by atoms with Gasteiger partial charge in [-0.2, -0.15) is 0 Å². The number of hydrogen-bond acceptors (Lipinski definition) is 5. The number of nitrogens with zero attached hydrogens (tertiary/aromatic N) is 2. The molecular weight excluding hydrogens is 473 g/mol. The Hall–Kier alpha value is -3.01. The highest BCUT2D eigenvalue weighted by atomic mass is 32.2. The van der Waals surface area contributed by atoms with Gasteiger partial charge in [0.05, 0.1) is 9.49 Å². The van der Waals surface area contributed by atoms with Gasteiger partial charge in [0.15, 0.2) is 9.84 Å². The van der Waals surface area contributed by atoms with Gasteiger partial charge in [0.1, 0.15) is 17.1 Å². The lowest BCUT2D eigenvalue weighted by molar-refractivity contribution is 0.0694. The van der Waals surface area contributed by atoms with Crippen molar-refractivity contribution in [1.29, 1.82) is 0 Å². The van der Waals surface area contributed by atoms with E-state index < -0.39 is 36.7 Å². The zero-order chi connectivity index (χ0) is 25.8. The Kier molecular flexibility index (Phi) is 6.15. The van der Waals surface area contributed by atoms with Crippen LogP contribution in [0.3, 0.4) is 0 Å². The molecule has 1 saturated carbocycles. The summed E-state index contributed by atoms with van der Waals surface area (Å²) in [6.07, 6.45) is 1.01. The molecule has 1 fully saturated rings. The Morgan fingerprint density at radius 2 is 1.80 bits per heavy atom. The van der Waals surface area contributed by atoms with Crippen LogP contribution < -0.4 is 10.9 Å². The molecule has 0 saturated heterocycles. The number of carbonyl (C=O) groups excluding carboxylic acids is 2. The largest absolute Gasteiger partial charge is 0.348 e. The van der Waals surface area contributed by atoms with E-state index in [0.717, 1.165) is 0 Å². The zero-order valence-electron chi connectivity index (χ0n) is 20.4. The lowest BCUT2D eigenvalue weighted by Crippen LogP contribution is -2.52. The smallest absolute Gasteiger partial charge is 0.270 e. The molecule has 4 rings (SSSR count). The minimum absolute atomic E-state index is 0.0499. The van der Waals surface area contributed by atoms with Crippen LogP contribution in [0, 0.1) is 12.7 Å². The van der Waals surface area contributed by atoms with Gasteiger partial charge in [-0.3, -0.25) is 14.4 Å². The molecule has 2 heterocycles. The summed E-state index contributed by atoms with van der Waals surface area (Å²) >= 11 is 0. The summed E-state index contributed by atoms with van der Waals surface area (Å²) in [6, 6.07) is 7.36.